The summed E-state index contributed by atoms with van der Waals surface area (Å²) in [5.41, 5.74) is 7.02. The fourth-order valence-electron chi connectivity index (χ4n) is 1.92. The first-order valence-electron chi connectivity index (χ1n) is 6.46. The van der Waals surface area contributed by atoms with Gasteiger partial charge in [-0.2, -0.15) is 5.10 Å². The predicted octanol–water partition coefficient (Wildman–Crippen LogP) is 2.16. The summed E-state index contributed by atoms with van der Waals surface area (Å²) in [6, 6.07) is 4.93. The molecule has 1 aromatic heterocycles. The van der Waals surface area contributed by atoms with Gasteiger partial charge in [-0.1, -0.05) is 0 Å². The smallest absolute Gasteiger partial charge is 0.272 e. The third-order valence-corrected chi connectivity index (χ3v) is 2.85. The lowest BCUT2D eigenvalue weighted by atomic mass is 10.1. The van der Waals surface area contributed by atoms with Crippen LogP contribution >= 0.6 is 0 Å². The predicted molar refractivity (Wildman–Crippen MR) is 74.8 cm³/mol. The zero-order valence-electron chi connectivity index (χ0n) is 11.6. The van der Waals surface area contributed by atoms with Gasteiger partial charge in [-0.05, 0) is 18.2 Å². The van der Waals surface area contributed by atoms with Gasteiger partial charge in [0.05, 0.1) is 19.9 Å². The van der Waals surface area contributed by atoms with E-state index in [2.05, 4.69) is 5.10 Å². The number of alkyl halides is 2. The van der Waals surface area contributed by atoms with Crippen molar-refractivity contribution in [3.63, 3.8) is 0 Å². The minimum atomic E-state index is -2.51. The van der Waals surface area contributed by atoms with Gasteiger partial charge in [-0.25, -0.2) is 8.78 Å². The number of methoxy groups -OCH3 is 1. The van der Waals surface area contributed by atoms with Gasteiger partial charge in [-0.3, -0.25) is 4.68 Å². The van der Waals surface area contributed by atoms with Gasteiger partial charge < -0.3 is 15.2 Å². The number of aromatic nitrogens is 2. The molecule has 2 N–H and O–H groups in total. The Kier molecular flexibility index (Phi) is 5.10. The molecule has 0 saturated carbocycles. The van der Waals surface area contributed by atoms with Crippen LogP contribution in [-0.2, 0) is 6.54 Å². The summed E-state index contributed by atoms with van der Waals surface area (Å²) in [6.45, 7) is 0.442. The second-order valence-electron chi connectivity index (χ2n) is 4.34. The number of hydrogen-bond donors (Lipinski definition) is 1. The molecule has 2 aromatic rings. The second-order valence-corrected chi connectivity index (χ2v) is 4.34. The van der Waals surface area contributed by atoms with Gasteiger partial charge in [0.2, 0.25) is 0 Å². The van der Waals surface area contributed by atoms with Gasteiger partial charge >= 0.3 is 0 Å². The first kappa shape index (κ1) is 15.2. The van der Waals surface area contributed by atoms with E-state index in [-0.39, 0.29) is 0 Å². The van der Waals surface area contributed by atoms with Gasteiger partial charge in [0.1, 0.15) is 18.1 Å². The van der Waals surface area contributed by atoms with E-state index in [1.54, 1.807) is 36.2 Å². The summed E-state index contributed by atoms with van der Waals surface area (Å²) in [6.07, 6.45) is 0.981. The van der Waals surface area contributed by atoms with Gasteiger partial charge in [-0.15, -0.1) is 0 Å². The molecule has 2 rings (SSSR count). The Bertz CT molecular complexity index is 587. The molecule has 114 valence electrons. The van der Waals surface area contributed by atoms with E-state index in [1.807, 2.05) is 6.20 Å². The Morgan fingerprint density at radius 2 is 2.19 bits per heavy atom. The molecule has 1 heterocycles. The fourth-order valence-corrected chi connectivity index (χ4v) is 1.92. The Labute approximate surface area is 121 Å². The summed E-state index contributed by atoms with van der Waals surface area (Å²) < 4.78 is 36.4. The van der Waals surface area contributed by atoms with Crippen LogP contribution in [0.5, 0.6) is 11.5 Å². The number of halogens is 2. The lowest BCUT2D eigenvalue weighted by Crippen LogP contribution is -2.09. The molecule has 0 amide bonds. The van der Waals surface area contributed by atoms with Crippen molar-refractivity contribution in [3.05, 3.63) is 30.6 Å². The third-order valence-electron chi connectivity index (χ3n) is 2.85. The van der Waals surface area contributed by atoms with Crippen LogP contribution in [0.4, 0.5) is 8.78 Å². The minimum absolute atomic E-state index is 0.359. The maximum absolute atomic E-state index is 12.2. The highest BCUT2D eigenvalue weighted by atomic mass is 19.3. The summed E-state index contributed by atoms with van der Waals surface area (Å²) in [5.74, 6) is 0.976. The SMILES string of the molecule is COc1ccc(OCC(F)F)cc1-c1cnn(CCN)c1. The number of nitrogens with zero attached hydrogens (tertiary/aromatic N) is 2. The first-order valence-corrected chi connectivity index (χ1v) is 6.46. The second kappa shape index (κ2) is 7.03. The number of benzene rings is 1. The van der Waals surface area contributed by atoms with Crippen molar-refractivity contribution in [3.8, 4) is 22.6 Å². The molecule has 0 aliphatic carbocycles. The van der Waals surface area contributed by atoms with Gasteiger partial charge in [0.25, 0.3) is 6.43 Å². The van der Waals surface area contributed by atoms with E-state index < -0.39 is 13.0 Å². The molecule has 1 aromatic carbocycles. The largest absolute Gasteiger partial charge is 0.496 e. The molecule has 0 atom stereocenters. The summed E-state index contributed by atoms with van der Waals surface area (Å²) in [4.78, 5) is 0. The molecule has 5 nitrogen and oxygen atoms in total. The summed E-state index contributed by atoms with van der Waals surface area (Å²) in [7, 11) is 1.54. The Morgan fingerprint density at radius 3 is 2.86 bits per heavy atom. The van der Waals surface area contributed by atoms with Crippen LogP contribution in [0.1, 0.15) is 0 Å². The van der Waals surface area contributed by atoms with Gasteiger partial charge in [0, 0.05) is 23.9 Å². The van der Waals surface area contributed by atoms with Crippen molar-refractivity contribution in [2.24, 2.45) is 5.73 Å². The minimum Gasteiger partial charge on any atom is -0.496 e. The highest BCUT2D eigenvalue weighted by molar-refractivity contribution is 5.71. The third kappa shape index (κ3) is 3.91. The molecular formula is C14H17F2N3O2. The van der Waals surface area contributed by atoms with Crippen LogP contribution < -0.4 is 15.2 Å². The molecule has 0 fully saturated rings. The molecule has 0 aliphatic rings. The Hall–Kier alpha value is -2.15. The van der Waals surface area contributed by atoms with Crippen molar-refractivity contribution >= 4 is 0 Å². The van der Waals surface area contributed by atoms with E-state index in [0.717, 1.165) is 11.1 Å². The van der Waals surface area contributed by atoms with E-state index in [9.17, 15) is 8.78 Å². The topological polar surface area (TPSA) is 62.3 Å². The average molecular weight is 297 g/mol. The maximum atomic E-state index is 12.2. The van der Waals surface area contributed by atoms with Crippen molar-refractivity contribution in [2.45, 2.75) is 13.0 Å². The van der Waals surface area contributed by atoms with Crippen LogP contribution in [-0.4, -0.2) is 36.5 Å². The van der Waals surface area contributed by atoms with Crippen LogP contribution in [0.2, 0.25) is 0 Å². The van der Waals surface area contributed by atoms with Crippen LogP contribution in [0.3, 0.4) is 0 Å². The van der Waals surface area contributed by atoms with Gasteiger partial charge in [0.15, 0.2) is 0 Å². The molecule has 0 spiro atoms. The van der Waals surface area contributed by atoms with Crippen molar-refractivity contribution in [2.75, 3.05) is 20.3 Å². The van der Waals surface area contributed by atoms with Crippen molar-refractivity contribution < 1.29 is 18.3 Å². The first-order chi connectivity index (χ1) is 10.1. The normalized spacial score (nSPS) is 10.9. The molecule has 0 unspecified atom stereocenters. The van der Waals surface area contributed by atoms with E-state index >= 15 is 0 Å². The van der Waals surface area contributed by atoms with Crippen molar-refractivity contribution in [1.82, 2.24) is 9.78 Å². The standard InChI is InChI=1S/C14H17F2N3O2/c1-20-13-3-2-11(21-9-14(15)16)6-12(13)10-7-18-19(8-10)5-4-17/h2-3,6-8,14H,4-5,9,17H2,1H3. The lowest BCUT2D eigenvalue weighted by molar-refractivity contribution is 0.0819. The summed E-state index contributed by atoms with van der Waals surface area (Å²) >= 11 is 0. The maximum Gasteiger partial charge on any atom is 0.272 e. The zero-order chi connectivity index (χ0) is 15.2. The highest BCUT2D eigenvalue weighted by Crippen LogP contribution is 2.33. The van der Waals surface area contributed by atoms with E-state index in [4.69, 9.17) is 15.2 Å². The molecule has 0 saturated heterocycles. The number of ether oxygens (including phenoxy) is 2. The molecule has 21 heavy (non-hydrogen) atoms. The lowest BCUT2D eigenvalue weighted by Gasteiger charge is -2.10. The van der Waals surface area contributed by atoms with E-state index in [0.29, 0.717) is 24.6 Å². The molecule has 7 heteroatoms. The average Bonchev–Trinajstić information content (AvgIpc) is 2.93. The summed E-state index contributed by atoms with van der Waals surface area (Å²) in [5, 5.41) is 4.18. The molecule has 0 aliphatic heterocycles. The van der Waals surface area contributed by atoms with Crippen molar-refractivity contribution in [1.29, 1.82) is 0 Å². The number of hydrogen-bond acceptors (Lipinski definition) is 4. The Balaban J connectivity index is 2.27. The highest BCUT2D eigenvalue weighted by Gasteiger charge is 2.11. The monoisotopic (exact) mass is 297 g/mol. The zero-order valence-corrected chi connectivity index (χ0v) is 11.6. The van der Waals surface area contributed by atoms with Crippen LogP contribution in [0.15, 0.2) is 30.6 Å². The Morgan fingerprint density at radius 1 is 1.38 bits per heavy atom. The number of nitrogens with two attached hydrogens (primary N) is 1. The molecule has 0 radical (unpaired) electrons. The molecule has 0 bridgehead atoms. The van der Waals surface area contributed by atoms with Crippen LogP contribution in [0, 0.1) is 0 Å². The van der Waals surface area contributed by atoms with E-state index in [1.165, 1.54) is 0 Å². The van der Waals surface area contributed by atoms with Crippen LogP contribution in [0.25, 0.3) is 11.1 Å². The quantitative estimate of drug-likeness (QED) is 0.850. The molecular weight excluding hydrogens is 280 g/mol. The fraction of sp³-hybridized carbons (Fsp3) is 0.357. The number of rotatable bonds is 7.